The van der Waals surface area contributed by atoms with Gasteiger partial charge in [0.2, 0.25) is 0 Å². The van der Waals surface area contributed by atoms with Crippen LogP contribution in [0.1, 0.15) is 96.9 Å². The van der Waals surface area contributed by atoms with Gasteiger partial charge in [-0.25, -0.2) is 9.78 Å². The zero-order valence-corrected chi connectivity index (χ0v) is 45.7. The molecule has 10 rings (SSSR count). The third kappa shape index (κ3) is 19.0. The Hall–Kier alpha value is -2.25. The van der Waals surface area contributed by atoms with Gasteiger partial charge >= 0.3 is 23.1 Å². The van der Waals surface area contributed by atoms with Crippen LogP contribution in [0, 0.1) is 0 Å². The number of hydrogen-bond acceptors (Lipinski definition) is 16. The molecule has 0 saturated carbocycles. The van der Waals surface area contributed by atoms with E-state index in [-0.39, 0.29) is 105 Å². The molecule has 7 saturated heterocycles. The summed E-state index contributed by atoms with van der Waals surface area (Å²) >= 11 is 0. The van der Waals surface area contributed by atoms with Crippen molar-refractivity contribution in [1.82, 2.24) is 0 Å². The van der Waals surface area contributed by atoms with Crippen molar-refractivity contribution in [2.24, 2.45) is 0 Å². The first-order valence-electron chi connectivity index (χ1n) is 23.8. The van der Waals surface area contributed by atoms with Crippen LogP contribution in [0.5, 0.6) is 0 Å². The predicted molar refractivity (Wildman–Crippen MR) is 279 cm³/mol. The summed E-state index contributed by atoms with van der Waals surface area (Å²) in [6.45, 7) is 17.0. The van der Waals surface area contributed by atoms with Crippen LogP contribution in [0.25, 0.3) is 5.32 Å². The third-order valence-corrected chi connectivity index (χ3v) is 12.0. The molecule has 3 unspecified atom stereocenters. The quantitative estimate of drug-likeness (QED) is 0.120. The fourth-order valence-corrected chi connectivity index (χ4v) is 8.79. The second kappa shape index (κ2) is 30.0. The SMILES string of the molecule is C.C.C.CC1(C)OC[C@H]([C@H]2O[C@@H]3OC(C)(C)O[C@H]3C2OOCC2CCCCO2)O1.CN(OC1[C@@H]2OC(C)(C)O[C@H]2O[C@@H]1[C@H]1COC(C)(C)O1)c1ccccc1.CNc1ccccc1.C[N-]c1ccccc1.[Br-].[Mg+2]. The Bertz CT molecular complexity index is 1920. The van der Waals surface area contributed by atoms with E-state index in [0.29, 0.717) is 19.8 Å². The summed E-state index contributed by atoms with van der Waals surface area (Å²) in [6, 6.07) is 29.8. The molecule has 0 aromatic heterocycles. The maximum absolute atomic E-state index is 6.27. The molecule has 7 aliphatic rings. The van der Waals surface area contributed by atoms with Crippen molar-refractivity contribution in [3.05, 3.63) is 96.3 Å². The van der Waals surface area contributed by atoms with Crippen molar-refractivity contribution in [1.29, 1.82) is 0 Å². The van der Waals surface area contributed by atoms with Crippen LogP contribution < -0.4 is 27.4 Å². The summed E-state index contributed by atoms with van der Waals surface area (Å²) < 4.78 is 65.0. The molecule has 19 heteroatoms. The van der Waals surface area contributed by atoms with Gasteiger partial charge in [-0.2, -0.15) is 0 Å². The number of rotatable bonds is 11. The number of nitrogens with one attached hydrogen (secondary N) is 1. The van der Waals surface area contributed by atoms with Gasteiger partial charge < -0.3 is 79.7 Å². The van der Waals surface area contributed by atoms with E-state index in [1.54, 1.807) is 12.1 Å². The van der Waals surface area contributed by atoms with Gasteiger partial charge in [0, 0.05) is 26.4 Å². The van der Waals surface area contributed by atoms with E-state index in [9.17, 15) is 0 Å². The minimum absolute atomic E-state index is 0. The largest absolute Gasteiger partial charge is 2.00 e. The predicted octanol–water partition coefficient (Wildman–Crippen LogP) is 6.93. The molecule has 11 atom stereocenters. The molecule has 1 N–H and O–H groups in total. The van der Waals surface area contributed by atoms with Crippen molar-refractivity contribution in [2.45, 2.75) is 188 Å². The van der Waals surface area contributed by atoms with Crippen LogP contribution in [0.3, 0.4) is 0 Å². The van der Waals surface area contributed by atoms with Crippen LogP contribution in [-0.2, 0) is 66.7 Å². The Kier molecular flexibility index (Phi) is 27.5. The van der Waals surface area contributed by atoms with E-state index in [1.165, 1.54) is 0 Å². The summed E-state index contributed by atoms with van der Waals surface area (Å²) in [6.07, 6.45) is -0.516. The molecule has 7 aliphatic heterocycles. The first-order chi connectivity index (χ1) is 32.4. The molecule has 3 aromatic rings. The number of ether oxygens (including phenoxy) is 11. The molecule has 0 amide bonds. The van der Waals surface area contributed by atoms with Gasteiger partial charge in [0.15, 0.2) is 41.8 Å². The van der Waals surface area contributed by atoms with Crippen molar-refractivity contribution >= 4 is 40.1 Å². The van der Waals surface area contributed by atoms with Gasteiger partial charge in [0.05, 0.1) is 25.0 Å². The van der Waals surface area contributed by atoms with E-state index in [4.69, 9.17) is 66.7 Å². The van der Waals surface area contributed by atoms with E-state index < -0.39 is 47.9 Å². The normalized spacial score (nSPS) is 31.1. The number of hydroxylamine groups is 1. The number of hydrogen-bond donors (Lipinski definition) is 1. The van der Waals surface area contributed by atoms with Crippen molar-refractivity contribution in [2.75, 3.05) is 58.0 Å². The van der Waals surface area contributed by atoms with E-state index >= 15 is 0 Å². The zero-order valence-electron chi connectivity index (χ0n) is 42.7. The van der Waals surface area contributed by atoms with Crippen molar-refractivity contribution in [3.63, 3.8) is 0 Å². The Morgan fingerprint density at radius 2 is 1.10 bits per heavy atom. The van der Waals surface area contributed by atoms with Gasteiger partial charge in [-0.1, -0.05) is 89.0 Å². The second-order valence-electron chi connectivity index (χ2n) is 19.3. The fourth-order valence-electron chi connectivity index (χ4n) is 8.79. The number of fused-ring (bicyclic) bond motifs is 2. The fraction of sp³-hybridized carbons (Fsp3) is 0.667. The van der Waals surface area contributed by atoms with Gasteiger partial charge in [-0.3, -0.25) is 9.90 Å². The number of halogens is 1. The zero-order chi connectivity index (χ0) is 48.5. The number of nitrogens with zero attached hydrogens (tertiary/aromatic N) is 2. The minimum Gasteiger partial charge on any atom is -1.00 e. The van der Waals surface area contributed by atoms with Crippen molar-refractivity contribution in [3.8, 4) is 0 Å². The maximum atomic E-state index is 6.27. The van der Waals surface area contributed by atoms with Gasteiger partial charge in [-0.05, 0) is 98.9 Å². The molecule has 0 radical (unpaired) electrons. The van der Waals surface area contributed by atoms with E-state index in [1.807, 2.05) is 160 Å². The smallest absolute Gasteiger partial charge is 1.00 e. The van der Waals surface area contributed by atoms with Crippen LogP contribution in [-0.4, -0.2) is 161 Å². The molecule has 7 heterocycles. The Labute approximate surface area is 463 Å². The monoisotopic (exact) mass is 1100 g/mol. The summed E-state index contributed by atoms with van der Waals surface area (Å²) in [5, 5.41) is 8.73. The van der Waals surface area contributed by atoms with Crippen LogP contribution in [0.15, 0.2) is 91.0 Å². The average molecular weight is 1110 g/mol. The summed E-state index contributed by atoms with van der Waals surface area (Å²) in [5.74, 6) is -2.71. The second-order valence-corrected chi connectivity index (χ2v) is 19.3. The number of para-hydroxylation sites is 3. The molecule has 0 spiro atoms. The van der Waals surface area contributed by atoms with Crippen molar-refractivity contribution < 1.29 is 83.7 Å². The minimum atomic E-state index is -0.722. The molecule has 0 bridgehead atoms. The Morgan fingerprint density at radius 1 is 0.616 bits per heavy atom. The maximum Gasteiger partial charge on any atom is 2.00 e. The van der Waals surface area contributed by atoms with Gasteiger partial charge in [0.1, 0.15) is 49.3 Å². The van der Waals surface area contributed by atoms with Crippen LogP contribution >= 0.6 is 0 Å². The topological polar surface area (TPSA) is 159 Å². The average Bonchev–Trinajstić information content (AvgIpc) is 4.16. The summed E-state index contributed by atoms with van der Waals surface area (Å²) in [7, 11) is 5.57. The van der Waals surface area contributed by atoms with Crippen LogP contribution in [0.2, 0.25) is 0 Å². The van der Waals surface area contributed by atoms with E-state index in [2.05, 4.69) is 10.6 Å². The van der Waals surface area contributed by atoms with E-state index in [0.717, 1.165) is 42.9 Å². The van der Waals surface area contributed by atoms with Crippen LogP contribution in [0.4, 0.5) is 17.1 Å². The standard InChI is InChI=1S/C19H27NO6.C18H30O8.C7H9N.C7H8N.3CH4.BrH.Mg/c1-18(2)21-11-13(23-18)14-15(16-17(22-14)25-19(3,4)24-16)26-20(5)12-9-7-6-8-10-12;1-17(2)20-10-12(23-17)13-14(15-16(22-13)25-18(3,4)24-15)26-21-9-11-7-5-6-8-19-11;2*1-8-7-5-3-2-4-6-7;;;;;/h6-10,13-17H,11H2,1-5H3;11-16H,5-10H2,1-4H3;2-6,8H,1H3;2-6H,1H3;3*1H4;1H;/q;;;-1;;;;;+2/p-1/t13-,14-,15?,16+,17-;11?,12-,13-,14?,15+,16-;;;;;;;/m11......./s1. The molecule has 0 aliphatic carbocycles. The Balaban J connectivity index is 0.000000365. The molecule has 17 nitrogen and oxygen atoms in total. The first kappa shape index (κ1) is 66.9. The number of benzene rings is 3. The molecule has 3 aromatic carbocycles. The summed E-state index contributed by atoms with van der Waals surface area (Å²) in [5.41, 5.74) is 3.14. The number of anilines is 2. The summed E-state index contributed by atoms with van der Waals surface area (Å²) in [4.78, 5) is 17.6. The third-order valence-electron chi connectivity index (χ3n) is 12.0. The molecule has 73 heavy (non-hydrogen) atoms. The first-order valence-corrected chi connectivity index (χ1v) is 23.8. The molecule has 7 fully saturated rings. The molecular weight excluding hydrogens is 1020 g/mol. The molecule has 410 valence electrons. The van der Waals surface area contributed by atoms with Gasteiger partial charge in [0.25, 0.3) is 0 Å². The van der Waals surface area contributed by atoms with Gasteiger partial charge in [-0.15, -0.1) is 12.7 Å². The molecular formula is C54H86BrMgN3O14. The Morgan fingerprint density at radius 3 is 1.52 bits per heavy atom.